The minimum atomic E-state index is -0.186. The van der Waals surface area contributed by atoms with Crippen LogP contribution in [0.3, 0.4) is 0 Å². The van der Waals surface area contributed by atoms with Crippen LogP contribution in [0.5, 0.6) is 0 Å². The minimum absolute atomic E-state index is 0.186. The number of carbonyl (C=O) groups is 1. The van der Waals surface area contributed by atoms with Gasteiger partial charge < -0.3 is 14.4 Å². The van der Waals surface area contributed by atoms with Crippen LogP contribution in [-0.2, 0) is 20.9 Å². The van der Waals surface area contributed by atoms with Crippen LogP contribution in [-0.4, -0.2) is 47.2 Å². The first-order valence-electron chi connectivity index (χ1n) is 9.83. The van der Waals surface area contributed by atoms with E-state index in [1.807, 2.05) is 23.2 Å². The van der Waals surface area contributed by atoms with E-state index < -0.39 is 0 Å². The Hall–Kier alpha value is -1.72. The van der Waals surface area contributed by atoms with E-state index in [0.29, 0.717) is 32.7 Å². The highest BCUT2D eigenvalue weighted by Crippen LogP contribution is 2.36. The zero-order valence-corrected chi connectivity index (χ0v) is 15.4. The van der Waals surface area contributed by atoms with Crippen LogP contribution >= 0.6 is 0 Å². The van der Waals surface area contributed by atoms with E-state index in [2.05, 4.69) is 11.1 Å². The number of rotatable bonds is 5. The molecule has 2 aliphatic heterocycles. The summed E-state index contributed by atoms with van der Waals surface area (Å²) in [6, 6.07) is 3.97. The van der Waals surface area contributed by atoms with E-state index in [-0.39, 0.29) is 17.6 Å². The van der Waals surface area contributed by atoms with E-state index in [1.54, 1.807) is 6.20 Å². The van der Waals surface area contributed by atoms with Gasteiger partial charge in [0.2, 0.25) is 5.91 Å². The second-order valence-corrected chi connectivity index (χ2v) is 7.85. The number of carbonyl (C=O) groups excluding carboxylic acids is 1. The average Bonchev–Trinajstić information content (AvgIpc) is 2.66. The Kier molecular flexibility index (Phi) is 5.36. The number of nitrogens with zero attached hydrogens (tertiary/aromatic N) is 2. The molecule has 1 aromatic rings. The third kappa shape index (κ3) is 4.15. The maximum atomic E-state index is 12.5. The second kappa shape index (κ2) is 7.89. The molecule has 5 heteroatoms. The molecule has 1 amide bonds. The first kappa shape index (κ1) is 17.7. The molecule has 3 heterocycles. The molecule has 1 aliphatic carbocycles. The summed E-state index contributed by atoms with van der Waals surface area (Å²) in [6.45, 7) is 2.73. The summed E-state index contributed by atoms with van der Waals surface area (Å²) in [4.78, 5) is 18.6. The van der Waals surface area contributed by atoms with Gasteiger partial charge in [-0.1, -0.05) is 17.7 Å². The molecule has 0 saturated carbocycles. The van der Waals surface area contributed by atoms with Crippen molar-refractivity contribution < 1.29 is 14.3 Å². The monoisotopic (exact) mass is 356 g/mol. The van der Waals surface area contributed by atoms with Gasteiger partial charge in [-0.05, 0) is 43.7 Å². The van der Waals surface area contributed by atoms with Crippen molar-refractivity contribution in [2.45, 2.75) is 63.3 Å². The molecule has 1 aromatic heterocycles. The van der Waals surface area contributed by atoms with Crippen molar-refractivity contribution in [3.05, 3.63) is 41.7 Å². The first-order chi connectivity index (χ1) is 12.7. The fourth-order valence-corrected chi connectivity index (χ4v) is 4.24. The van der Waals surface area contributed by atoms with Crippen molar-refractivity contribution in [3.63, 3.8) is 0 Å². The Morgan fingerprint density at radius 3 is 3.08 bits per heavy atom. The SMILES string of the molecule is O=C(CC1=CCCCC1)N1CC2(C[C@H](OCc3cccnc3)CCO2)C1. The van der Waals surface area contributed by atoms with Crippen molar-refractivity contribution in [1.82, 2.24) is 9.88 Å². The highest BCUT2D eigenvalue weighted by molar-refractivity contribution is 5.80. The van der Waals surface area contributed by atoms with Crippen LogP contribution in [0.1, 0.15) is 50.5 Å². The van der Waals surface area contributed by atoms with Crippen LogP contribution in [0, 0.1) is 0 Å². The summed E-state index contributed by atoms with van der Waals surface area (Å²) in [5, 5.41) is 0. The molecule has 0 radical (unpaired) electrons. The van der Waals surface area contributed by atoms with E-state index in [1.165, 1.54) is 18.4 Å². The van der Waals surface area contributed by atoms with Gasteiger partial charge in [-0.2, -0.15) is 0 Å². The standard InChI is InChI=1S/C21H28N2O3/c24-20(11-17-5-2-1-3-6-17)23-15-21(16-23)12-19(8-10-26-21)25-14-18-7-4-9-22-13-18/h4-5,7,9,13,19H,1-3,6,8,10-12,14-16H2/t19-/m1/s1. The second-order valence-electron chi connectivity index (χ2n) is 7.85. The van der Waals surface area contributed by atoms with Crippen LogP contribution in [0.25, 0.3) is 0 Å². The van der Waals surface area contributed by atoms with Crippen molar-refractivity contribution in [1.29, 1.82) is 0 Å². The number of pyridine rings is 1. The molecule has 3 aliphatic rings. The Labute approximate surface area is 155 Å². The Morgan fingerprint density at radius 2 is 2.31 bits per heavy atom. The molecular weight excluding hydrogens is 328 g/mol. The number of likely N-dealkylation sites (tertiary alicyclic amines) is 1. The van der Waals surface area contributed by atoms with Gasteiger partial charge in [0.25, 0.3) is 0 Å². The van der Waals surface area contributed by atoms with Gasteiger partial charge in [-0.15, -0.1) is 0 Å². The van der Waals surface area contributed by atoms with Crippen LogP contribution in [0.15, 0.2) is 36.2 Å². The molecule has 0 aromatic carbocycles. The molecule has 1 spiro atoms. The number of allylic oxidation sites excluding steroid dienone is 1. The highest BCUT2D eigenvalue weighted by Gasteiger charge is 2.49. The largest absolute Gasteiger partial charge is 0.373 e. The number of hydrogen-bond donors (Lipinski definition) is 0. The smallest absolute Gasteiger partial charge is 0.226 e. The first-order valence-corrected chi connectivity index (χ1v) is 9.83. The van der Waals surface area contributed by atoms with Crippen LogP contribution < -0.4 is 0 Å². The summed E-state index contributed by atoms with van der Waals surface area (Å²) in [7, 11) is 0. The Bertz CT molecular complexity index is 652. The molecule has 0 bridgehead atoms. The van der Waals surface area contributed by atoms with E-state index in [0.717, 1.165) is 31.2 Å². The maximum Gasteiger partial charge on any atom is 0.226 e. The van der Waals surface area contributed by atoms with Gasteiger partial charge in [0.1, 0.15) is 5.60 Å². The van der Waals surface area contributed by atoms with Crippen molar-refractivity contribution >= 4 is 5.91 Å². The summed E-state index contributed by atoms with van der Waals surface area (Å²) in [5.74, 6) is 0.255. The van der Waals surface area contributed by atoms with Gasteiger partial charge in [0, 0.05) is 31.8 Å². The quantitative estimate of drug-likeness (QED) is 0.760. The zero-order chi connectivity index (χ0) is 17.8. The maximum absolute atomic E-state index is 12.5. The van der Waals surface area contributed by atoms with Crippen LogP contribution in [0.2, 0.25) is 0 Å². The van der Waals surface area contributed by atoms with E-state index in [9.17, 15) is 4.79 Å². The predicted octanol–water partition coefficient (Wildman–Crippen LogP) is 3.25. The molecule has 1 atom stereocenters. The summed E-state index contributed by atoms with van der Waals surface area (Å²) >= 11 is 0. The molecule has 0 unspecified atom stereocenters. The van der Waals surface area contributed by atoms with Gasteiger partial charge in [-0.25, -0.2) is 0 Å². The van der Waals surface area contributed by atoms with E-state index >= 15 is 0 Å². The molecule has 5 nitrogen and oxygen atoms in total. The lowest BCUT2D eigenvalue weighted by Gasteiger charge is -2.53. The number of ether oxygens (including phenoxy) is 2. The van der Waals surface area contributed by atoms with Crippen molar-refractivity contribution in [2.24, 2.45) is 0 Å². The number of aromatic nitrogens is 1. The van der Waals surface area contributed by atoms with Gasteiger partial charge >= 0.3 is 0 Å². The third-order valence-electron chi connectivity index (χ3n) is 5.73. The van der Waals surface area contributed by atoms with Crippen molar-refractivity contribution in [2.75, 3.05) is 19.7 Å². The molecular formula is C21H28N2O3. The van der Waals surface area contributed by atoms with Gasteiger partial charge in [-0.3, -0.25) is 9.78 Å². The summed E-state index contributed by atoms with van der Waals surface area (Å²) < 4.78 is 12.1. The minimum Gasteiger partial charge on any atom is -0.373 e. The molecule has 140 valence electrons. The summed E-state index contributed by atoms with van der Waals surface area (Å²) in [5.41, 5.74) is 2.23. The average molecular weight is 356 g/mol. The van der Waals surface area contributed by atoms with Gasteiger partial charge in [0.05, 0.1) is 25.8 Å². The lowest BCUT2D eigenvalue weighted by atomic mass is 9.84. The van der Waals surface area contributed by atoms with E-state index in [4.69, 9.17) is 9.47 Å². The lowest BCUT2D eigenvalue weighted by molar-refractivity contribution is -0.202. The molecule has 2 saturated heterocycles. The zero-order valence-electron chi connectivity index (χ0n) is 15.4. The fraction of sp³-hybridized carbons (Fsp3) is 0.619. The normalized spacial score (nSPS) is 24.8. The molecule has 26 heavy (non-hydrogen) atoms. The third-order valence-corrected chi connectivity index (χ3v) is 5.73. The predicted molar refractivity (Wildman–Crippen MR) is 98.5 cm³/mol. The fourth-order valence-electron chi connectivity index (χ4n) is 4.24. The number of amides is 1. The van der Waals surface area contributed by atoms with Gasteiger partial charge in [0.15, 0.2) is 0 Å². The number of hydrogen-bond acceptors (Lipinski definition) is 4. The highest BCUT2D eigenvalue weighted by atomic mass is 16.5. The topological polar surface area (TPSA) is 51.7 Å². The van der Waals surface area contributed by atoms with Crippen LogP contribution in [0.4, 0.5) is 0 Å². The lowest BCUT2D eigenvalue weighted by Crippen LogP contribution is -2.67. The Balaban J connectivity index is 1.24. The molecule has 4 rings (SSSR count). The molecule has 0 N–H and O–H groups in total. The Morgan fingerprint density at radius 1 is 1.38 bits per heavy atom. The summed E-state index contributed by atoms with van der Waals surface area (Å²) in [6.07, 6.45) is 13.2. The van der Waals surface area contributed by atoms with Crippen molar-refractivity contribution in [3.8, 4) is 0 Å². The molecule has 2 fully saturated rings.